The van der Waals surface area contributed by atoms with Gasteiger partial charge in [0.05, 0.1) is 25.4 Å². The average molecular weight is 1040 g/mol. The predicted molar refractivity (Wildman–Crippen MR) is 317 cm³/mol. The fourth-order valence-corrected chi connectivity index (χ4v) is 8.52. The fourth-order valence-electron chi connectivity index (χ4n) is 8.52. The Labute approximate surface area is 458 Å². The minimum atomic E-state index is -1.58. The first-order valence-corrected chi connectivity index (χ1v) is 29.9. The van der Waals surface area contributed by atoms with E-state index >= 15 is 0 Å². The van der Waals surface area contributed by atoms with Gasteiger partial charge in [0.2, 0.25) is 5.91 Å². The minimum Gasteiger partial charge on any atom is -0.394 e. The number of allylic oxidation sites excluding steroid dienone is 21. The van der Waals surface area contributed by atoms with E-state index in [1.165, 1.54) is 83.5 Å². The van der Waals surface area contributed by atoms with Crippen LogP contribution in [-0.4, -0.2) is 87.5 Å². The summed E-state index contributed by atoms with van der Waals surface area (Å²) in [6, 6.07) is -0.843. The summed E-state index contributed by atoms with van der Waals surface area (Å²) < 4.78 is 11.2. The predicted octanol–water partition coefficient (Wildman–Crippen LogP) is 15.3. The van der Waals surface area contributed by atoms with Gasteiger partial charge in [0, 0.05) is 6.42 Å². The summed E-state index contributed by atoms with van der Waals surface area (Å²) in [6.45, 7) is 3.63. The SMILES string of the molecule is CC/C=C\C/C=C\C/C=C\C/C=C\C/C=C\C/C=C\C/C=C\C/C=C\C/C=C\CCCCCCCC(=O)NC(COC1OC(CO)C(O)C(O)C1O)C(O)/C=C/CC/C=C/CCCCCCCCCCCCCCC. The number of nitrogens with one attached hydrogen (secondary N) is 1. The van der Waals surface area contributed by atoms with Gasteiger partial charge in [-0.1, -0.05) is 244 Å². The van der Waals surface area contributed by atoms with Crippen LogP contribution < -0.4 is 5.32 Å². The molecule has 426 valence electrons. The lowest BCUT2D eigenvalue weighted by atomic mass is 9.99. The first kappa shape index (κ1) is 69.3. The average Bonchev–Trinajstić information content (AvgIpc) is 3.41. The monoisotopic (exact) mass is 1040 g/mol. The number of hydrogen-bond acceptors (Lipinski definition) is 8. The molecular formula is C66H109NO8. The molecule has 75 heavy (non-hydrogen) atoms. The molecule has 9 nitrogen and oxygen atoms in total. The van der Waals surface area contributed by atoms with E-state index in [9.17, 15) is 30.3 Å². The number of unbranched alkanes of at least 4 members (excludes halogenated alkanes) is 19. The van der Waals surface area contributed by atoms with Crippen molar-refractivity contribution in [2.24, 2.45) is 0 Å². The molecule has 0 bridgehead atoms. The van der Waals surface area contributed by atoms with Crippen LogP contribution in [0.15, 0.2) is 134 Å². The Balaban J connectivity index is 2.27. The number of carbonyl (C=O) groups is 1. The molecule has 1 aliphatic heterocycles. The topological polar surface area (TPSA) is 149 Å². The minimum absolute atomic E-state index is 0.211. The summed E-state index contributed by atoms with van der Waals surface area (Å²) in [5, 5.41) is 54.5. The molecule has 1 fully saturated rings. The van der Waals surface area contributed by atoms with E-state index in [1.54, 1.807) is 6.08 Å². The molecule has 6 N–H and O–H groups in total. The smallest absolute Gasteiger partial charge is 0.220 e. The van der Waals surface area contributed by atoms with Gasteiger partial charge in [0.1, 0.15) is 24.4 Å². The molecule has 0 aromatic carbocycles. The van der Waals surface area contributed by atoms with Crippen LogP contribution in [0.5, 0.6) is 0 Å². The van der Waals surface area contributed by atoms with Gasteiger partial charge in [-0.25, -0.2) is 0 Å². The molecule has 0 radical (unpaired) electrons. The zero-order valence-corrected chi connectivity index (χ0v) is 47.2. The van der Waals surface area contributed by atoms with Gasteiger partial charge >= 0.3 is 0 Å². The Morgan fingerprint density at radius 1 is 0.467 bits per heavy atom. The quantitative estimate of drug-likeness (QED) is 0.0261. The normalized spacial score (nSPS) is 19.9. The summed E-state index contributed by atoms with van der Waals surface area (Å²) in [4.78, 5) is 13.1. The lowest BCUT2D eigenvalue weighted by Crippen LogP contribution is -2.60. The van der Waals surface area contributed by atoms with E-state index < -0.39 is 49.5 Å². The van der Waals surface area contributed by atoms with Crippen LogP contribution in [0.25, 0.3) is 0 Å². The summed E-state index contributed by atoms with van der Waals surface area (Å²) >= 11 is 0. The molecule has 0 saturated carbocycles. The summed E-state index contributed by atoms with van der Waals surface area (Å²) in [7, 11) is 0. The third kappa shape index (κ3) is 43.1. The van der Waals surface area contributed by atoms with Gasteiger partial charge in [0.25, 0.3) is 0 Å². The van der Waals surface area contributed by atoms with E-state index in [2.05, 4.69) is 141 Å². The maximum atomic E-state index is 13.1. The van der Waals surface area contributed by atoms with E-state index in [0.29, 0.717) is 6.42 Å². The van der Waals surface area contributed by atoms with Crippen molar-refractivity contribution >= 4 is 5.91 Å². The van der Waals surface area contributed by atoms with Crippen LogP contribution in [0.1, 0.15) is 219 Å². The molecule has 0 aromatic heterocycles. The van der Waals surface area contributed by atoms with Gasteiger partial charge in [-0.05, 0) is 103 Å². The third-order valence-electron chi connectivity index (χ3n) is 13.2. The molecule has 0 spiro atoms. The lowest BCUT2D eigenvalue weighted by molar-refractivity contribution is -0.302. The Bertz CT molecular complexity index is 1640. The number of aliphatic hydroxyl groups is 5. The maximum Gasteiger partial charge on any atom is 0.220 e. The number of amides is 1. The fraction of sp³-hybridized carbons (Fsp3) is 0.652. The molecule has 1 aliphatic rings. The Hall–Kier alpha value is -3.67. The summed E-state index contributed by atoms with van der Waals surface area (Å²) in [5.74, 6) is -0.211. The van der Waals surface area contributed by atoms with Crippen LogP contribution in [0.3, 0.4) is 0 Å². The van der Waals surface area contributed by atoms with Gasteiger partial charge in [-0.3, -0.25) is 4.79 Å². The lowest BCUT2D eigenvalue weighted by Gasteiger charge is -2.40. The Morgan fingerprint density at radius 3 is 1.28 bits per heavy atom. The van der Waals surface area contributed by atoms with Crippen molar-refractivity contribution in [3.8, 4) is 0 Å². The van der Waals surface area contributed by atoms with Crippen molar-refractivity contribution in [1.29, 1.82) is 0 Å². The van der Waals surface area contributed by atoms with Crippen LogP contribution in [-0.2, 0) is 14.3 Å². The molecule has 1 rings (SSSR count). The number of rotatable bonds is 49. The molecule has 7 atom stereocenters. The second kappa shape index (κ2) is 53.7. The molecule has 0 aliphatic carbocycles. The van der Waals surface area contributed by atoms with E-state index in [-0.39, 0.29) is 12.5 Å². The molecule has 1 saturated heterocycles. The number of hydrogen-bond donors (Lipinski definition) is 6. The molecule has 0 aromatic rings. The summed E-state index contributed by atoms with van der Waals surface area (Å²) in [6.07, 6.45) is 75.1. The van der Waals surface area contributed by atoms with E-state index in [1.807, 2.05) is 6.08 Å². The van der Waals surface area contributed by atoms with Crippen LogP contribution in [0.4, 0.5) is 0 Å². The molecule has 9 heteroatoms. The van der Waals surface area contributed by atoms with Crippen molar-refractivity contribution in [3.63, 3.8) is 0 Å². The van der Waals surface area contributed by atoms with Gasteiger partial charge < -0.3 is 40.3 Å². The van der Waals surface area contributed by atoms with E-state index in [0.717, 1.165) is 116 Å². The number of ether oxygens (including phenoxy) is 2. The second-order valence-corrected chi connectivity index (χ2v) is 20.0. The Kier molecular flexibility index (Phi) is 49.7. The van der Waals surface area contributed by atoms with Gasteiger partial charge in [-0.2, -0.15) is 0 Å². The first-order valence-electron chi connectivity index (χ1n) is 29.9. The van der Waals surface area contributed by atoms with Crippen molar-refractivity contribution in [1.82, 2.24) is 5.32 Å². The standard InChI is InChI=1S/C66H109NO8/c1-3-5-7-9-11-13-15-17-19-21-23-24-25-26-27-28-29-30-31-32-33-34-35-36-38-40-42-44-46-48-50-52-54-56-62(70)67-59(58-74-66-65(73)64(72)63(71)61(57-68)75-66)60(69)55-53-51-49-47-45-43-41-39-37-22-20-18-16-14-12-10-8-6-4-2/h5,7,11,13,17,19,23-24,26-27,29-30,32-33,35-36,40,42,45,47,53,55,59-61,63-66,68-69,71-73H,3-4,6,8-10,12,14-16,18,20-22,25,28,31,34,37-39,41,43-44,46,48-52,54,56-58H2,1-2H3,(H,67,70)/b7-5-,13-11-,19-17-,24-23-,27-26-,30-29-,33-32-,36-35-,42-40-,47-45+,55-53+. The van der Waals surface area contributed by atoms with Crippen LogP contribution in [0.2, 0.25) is 0 Å². The zero-order valence-electron chi connectivity index (χ0n) is 47.2. The first-order chi connectivity index (χ1) is 36.8. The van der Waals surface area contributed by atoms with Gasteiger partial charge in [-0.15, -0.1) is 0 Å². The van der Waals surface area contributed by atoms with Gasteiger partial charge in [0.15, 0.2) is 6.29 Å². The third-order valence-corrected chi connectivity index (χ3v) is 13.2. The Morgan fingerprint density at radius 2 is 0.840 bits per heavy atom. The number of aliphatic hydroxyl groups excluding tert-OH is 5. The molecule has 1 heterocycles. The second-order valence-electron chi connectivity index (χ2n) is 20.0. The van der Waals surface area contributed by atoms with Crippen molar-refractivity contribution < 1.29 is 39.8 Å². The summed E-state index contributed by atoms with van der Waals surface area (Å²) in [5.41, 5.74) is 0. The van der Waals surface area contributed by atoms with Crippen LogP contribution >= 0.6 is 0 Å². The van der Waals surface area contributed by atoms with Crippen molar-refractivity contribution in [2.75, 3.05) is 13.2 Å². The van der Waals surface area contributed by atoms with Crippen LogP contribution in [0, 0.1) is 0 Å². The largest absolute Gasteiger partial charge is 0.394 e. The zero-order chi connectivity index (χ0) is 54.3. The molecule has 7 unspecified atom stereocenters. The molecule has 1 amide bonds. The molecular weight excluding hydrogens is 935 g/mol. The maximum absolute atomic E-state index is 13.1. The van der Waals surface area contributed by atoms with E-state index in [4.69, 9.17) is 9.47 Å². The highest BCUT2D eigenvalue weighted by atomic mass is 16.7. The number of carbonyl (C=O) groups excluding carboxylic acids is 1. The highest BCUT2D eigenvalue weighted by Crippen LogP contribution is 2.23. The highest BCUT2D eigenvalue weighted by molar-refractivity contribution is 5.76. The van der Waals surface area contributed by atoms with Crippen molar-refractivity contribution in [2.45, 2.75) is 262 Å². The highest BCUT2D eigenvalue weighted by Gasteiger charge is 2.44. The van der Waals surface area contributed by atoms with Crippen molar-refractivity contribution in [3.05, 3.63) is 134 Å².